The SMILES string of the molecule is Cc1ccccc1OC[C@H](O)Cn1c(SCc2ccccc2)nc2c1c(=O)[nH]c(=O)n2C. The van der Waals surface area contributed by atoms with Crippen molar-refractivity contribution in [1.29, 1.82) is 0 Å². The van der Waals surface area contributed by atoms with E-state index in [1.807, 2.05) is 61.5 Å². The lowest BCUT2D eigenvalue weighted by Gasteiger charge is -2.16. The van der Waals surface area contributed by atoms with Crippen molar-refractivity contribution < 1.29 is 9.84 Å². The van der Waals surface area contributed by atoms with Crippen molar-refractivity contribution in [1.82, 2.24) is 19.1 Å². The Kier molecular flexibility index (Phi) is 6.48. The highest BCUT2D eigenvalue weighted by molar-refractivity contribution is 7.98. The molecule has 2 N–H and O–H groups in total. The van der Waals surface area contributed by atoms with Gasteiger partial charge in [-0.1, -0.05) is 60.3 Å². The maximum Gasteiger partial charge on any atom is 0.329 e. The molecule has 4 aromatic rings. The lowest BCUT2D eigenvalue weighted by molar-refractivity contribution is 0.0910. The number of H-pyrrole nitrogens is 1. The summed E-state index contributed by atoms with van der Waals surface area (Å²) >= 11 is 1.44. The number of para-hydroxylation sites is 1. The van der Waals surface area contributed by atoms with Crippen molar-refractivity contribution >= 4 is 22.9 Å². The van der Waals surface area contributed by atoms with E-state index in [2.05, 4.69) is 9.97 Å². The Balaban J connectivity index is 1.63. The number of rotatable bonds is 8. The number of fused-ring (bicyclic) bond motifs is 1. The van der Waals surface area contributed by atoms with Crippen LogP contribution in [0.25, 0.3) is 11.2 Å². The third-order valence-electron chi connectivity index (χ3n) is 5.10. The average molecular weight is 453 g/mol. The quantitative estimate of drug-likeness (QED) is 0.398. The van der Waals surface area contributed by atoms with Gasteiger partial charge in [0.2, 0.25) is 0 Å². The fourth-order valence-electron chi connectivity index (χ4n) is 3.38. The van der Waals surface area contributed by atoms with Crippen LogP contribution in [0.4, 0.5) is 0 Å². The van der Waals surface area contributed by atoms with Crippen LogP contribution in [0.3, 0.4) is 0 Å². The van der Waals surface area contributed by atoms with Crippen LogP contribution in [0.2, 0.25) is 0 Å². The summed E-state index contributed by atoms with van der Waals surface area (Å²) in [7, 11) is 1.56. The highest BCUT2D eigenvalue weighted by atomic mass is 32.2. The lowest BCUT2D eigenvalue weighted by atomic mass is 10.2. The zero-order valence-electron chi connectivity index (χ0n) is 17.8. The number of nitrogens with zero attached hydrogens (tertiary/aromatic N) is 3. The number of thioether (sulfide) groups is 1. The fourth-order valence-corrected chi connectivity index (χ4v) is 4.34. The summed E-state index contributed by atoms with van der Waals surface area (Å²) in [5.41, 5.74) is 1.53. The molecule has 2 aromatic carbocycles. The largest absolute Gasteiger partial charge is 0.491 e. The summed E-state index contributed by atoms with van der Waals surface area (Å²) < 4.78 is 8.73. The topological polar surface area (TPSA) is 102 Å². The van der Waals surface area contributed by atoms with E-state index in [-0.39, 0.29) is 24.3 Å². The first-order valence-corrected chi connectivity index (χ1v) is 11.2. The number of aromatic amines is 1. The second kappa shape index (κ2) is 9.46. The summed E-state index contributed by atoms with van der Waals surface area (Å²) in [4.78, 5) is 31.5. The Morgan fingerprint density at radius 1 is 1.12 bits per heavy atom. The maximum atomic E-state index is 12.6. The van der Waals surface area contributed by atoms with Crippen LogP contribution in [0, 0.1) is 6.92 Å². The van der Waals surface area contributed by atoms with E-state index >= 15 is 0 Å². The summed E-state index contributed by atoms with van der Waals surface area (Å²) in [6.07, 6.45) is -0.889. The number of aliphatic hydroxyl groups excluding tert-OH is 1. The molecule has 2 aromatic heterocycles. The third-order valence-corrected chi connectivity index (χ3v) is 6.15. The van der Waals surface area contributed by atoms with E-state index < -0.39 is 17.4 Å². The smallest absolute Gasteiger partial charge is 0.329 e. The molecule has 1 atom stereocenters. The Morgan fingerprint density at radius 2 is 1.84 bits per heavy atom. The van der Waals surface area contributed by atoms with Gasteiger partial charge in [0.05, 0.1) is 6.54 Å². The van der Waals surface area contributed by atoms with Crippen LogP contribution >= 0.6 is 11.8 Å². The summed E-state index contributed by atoms with van der Waals surface area (Å²) in [5, 5.41) is 11.2. The molecule has 0 fully saturated rings. The number of ether oxygens (including phenoxy) is 1. The third kappa shape index (κ3) is 4.63. The van der Waals surface area contributed by atoms with Gasteiger partial charge in [0.15, 0.2) is 16.3 Å². The highest BCUT2D eigenvalue weighted by Gasteiger charge is 2.20. The fraction of sp³-hybridized carbons (Fsp3) is 0.261. The monoisotopic (exact) mass is 452 g/mol. The first-order chi connectivity index (χ1) is 15.4. The van der Waals surface area contributed by atoms with Crippen LogP contribution in [-0.4, -0.2) is 36.9 Å². The van der Waals surface area contributed by atoms with Gasteiger partial charge in [-0.2, -0.15) is 0 Å². The molecule has 32 heavy (non-hydrogen) atoms. The molecule has 0 aliphatic rings. The second-order valence-corrected chi connectivity index (χ2v) is 8.44. The van der Waals surface area contributed by atoms with Gasteiger partial charge in [0, 0.05) is 12.8 Å². The molecule has 0 amide bonds. The van der Waals surface area contributed by atoms with Gasteiger partial charge in [0.25, 0.3) is 5.56 Å². The molecule has 4 rings (SSSR count). The van der Waals surface area contributed by atoms with Crippen LogP contribution in [0.15, 0.2) is 69.3 Å². The lowest BCUT2D eigenvalue weighted by Crippen LogP contribution is -2.30. The average Bonchev–Trinajstić information content (AvgIpc) is 3.15. The summed E-state index contributed by atoms with van der Waals surface area (Å²) in [6.45, 7) is 2.08. The van der Waals surface area contributed by atoms with E-state index in [4.69, 9.17) is 4.74 Å². The number of aliphatic hydroxyl groups is 1. The molecule has 2 heterocycles. The number of imidazole rings is 1. The van der Waals surface area contributed by atoms with Gasteiger partial charge in [-0.25, -0.2) is 9.78 Å². The van der Waals surface area contributed by atoms with Crippen LogP contribution in [0.5, 0.6) is 5.75 Å². The molecule has 0 aliphatic heterocycles. The number of hydrogen-bond donors (Lipinski definition) is 2. The Morgan fingerprint density at radius 3 is 2.59 bits per heavy atom. The van der Waals surface area contributed by atoms with Gasteiger partial charge < -0.3 is 14.4 Å². The number of benzene rings is 2. The van der Waals surface area contributed by atoms with Gasteiger partial charge in [-0.3, -0.25) is 14.3 Å². The molecular weight excluding hydrogens is 428 g/mol. The van der Waals surface area contributed by atoms with Gasteiger partial charge >= 0.3 is 5.69 Å². The molecule has 0 unspecified atom stereocenters. The summed E-state index contributed by atoms with van der Waals surface area (Å²) in [6, 6.07) is 17.4. The maximum absolute atomic E-state index is 12.6. The van der Waals surface area contributed by atoms with Crippen molar-refractivity contribution in [3.8, 4) is 5.75 Å². The van der Waals surface area contributed by atoms with Gasteiger partial charge in [-0.05, 0) is 24.1 Å². The normalized spacial score (nSPS) is 12.2. The van der Waals surface area contributed by atoms with Crippen LogP contribution in [0.1, 0.15) is 11.1 Å². The molecular formula is C23H24N4O4S. The molecule has 0 saturated heterocycles. The van der Waals surface area contributed by atoms with Crippen molar-refractivity contribution in [2.24, 2.45) is 7.05 Å². The highest BCUT2D eigenvalue weighted by Crippen LogP contribution is 2.25. The molecule has 0 bridgehead atoms. The summed E-state index contributed by atoms with van der Waals surface area (Å²) in [5.74, 6) is 1.33. The van der Waals surface area contributed by atoms with Crippen LogP contribution < -0.4 is 16.0 Å². The minimum absolute atomic E-state index is 0.0526. The predicted molar refractivity (Wildman–Crippen MR) is 124 cm³/mol. The van der Waals surface area contributed by atoms with Gasteiger partial charge in [0.1, 0.15) is 18.5 Å². The first kappa shape index (κ1) is 21.9. The van der Waals surface area contributed by atoms with Crippen LogP contribution in [-0.2, 0) is 19.3 Å². The Labute approximate surface area is 188 Å². The number of nitrogens with one attached hydrogen (secondary N) is 1. The van der Waals surface area contributed by atoms with E-state index in [9.17, 15) is 14.7 Å². The zero-order valence-corrected chi connectivity index (χ0v) is 18.6. The minimum Gasteiger partial charge on any atom is -0.491 e. The van der Waals surface area contributed by atoms with Crippen molar-refractivity contribution in [3.05, 3.63) is 86.6 Å². The van der Waals surface area contributed by atoms with E-state index in [1.165, 1.54) is 16.3 Å². The number of hydrogen-bond acceptors (Lipinski definition) is 6. The Bertz CT molecular complexity index is 1340. The molecule has 0 spiro atoms. The zero-order chi connectivity index (χ0) is 22.7. The van der Waals surface area contributed by atoms with Crippen molar-refractivity contribution in [2.75, 3.05) is 6.61 Å². The molecule has 0 saturated carbocycles. The number of aryl methyl sites for hydroxylation is 2. The molecule has 8 nitrogen and oxygen atoms in total. The second-order valence-electron chi connectivity index (χ2n) is 7.50. The standard InChI is InChI=1S/C23H24N4O4S/c1-15-8-6-7-11-18(15)31-13-17(28)12-27-19-20(26(2)22(30)25-21(19)29)24-23(27)32-14-16-9-4-3-5-10-16/h3-11,17,28H,12-14H2,1-2H3,(H,25,29,30)/t17-/m1/s1. The van der Waals surface area contributed by atoms with Crippen molar-refractivity contribution in [2.45, 2.75) is 30.5 Å². The predicted octanol–water partition coefficient (Wildman–Crippen LogP) is 2.46. The van der Waals surface area contributed by atoms with Gasteiger partial charge in [-0.15, -0.1) is 0 Å². The molecule has 166 valence electrons. The minimum atomic E-state index is -0.889. The van der Waals surface area contributed by atoms with E-state index in [0.717, 1.165) is 11.1 Å². The van der Waals surface area contributed by atoms with E-state index in [1.54, 1.807) is 11.6 Å². The molecule has 0 radical (unpaired) electrons. The van der Waals surface area contributed by atoms with E-state index in [0.29, 0.717) is 16.7 Å². The molecule has 9 heteroatoms. The Hall–Kier alpha value is -3.30. The molecule has 0 aliphatic carbocycles. The first-order valence-electron chi connectivity index (χ1n) is 10.2. The number of aromatic nitrogens is 4. The van der Waals surface area contributed by atoms with Crippen molar-refractivity contribution in [3.63, 3.8) is 0 Å².